The van der Waals surface area contributed by atoms with Crippen molar-refractivity contribution in [3.05, 3.63) is 89.6 Å². The van der Waals surface area contributed by atoms with E-state index in [0.29, 0.717) is 19.8 Å². The highest BCUT2D eigenvalue weighted by Crippen LogP contribution is 2.28. The number of hydrogen-bond donors (Lipinski definition) is 1. The summed E-state index contributed by atoms with van der Waals surface area (Å²) in [6.07, 6.45) is 2.80. The maximum atomic E-state index is 11.5. The molecule has 0 aliphatic heterocycles. The fourth-order valence-electron chi connectivity index (χ4n) is 3.59. The summed E-state index contributed by atoms with van der Waals surface area (Å²) in [6, 6.07) is 21.8. The largest absolute Gasteiger partial charge is 0.493 e. The van der Waals surface area contributed by atoms with Crippen LogP contribution in [0.4, 0.5) is 0 Å². The molecule has 0 unspecified atom stereocenters. The lowest BCUT2D eigenvalue weighted by Gasteiger charge is -2.13. The molecule has 0 atom stereocenters. The van der Waals surface area contributed by atoms with Gasteiger partial charge in [0, 0.05) is 29.6 Å². The molecule has 4 aromatic rings. The van der Waals surface area contributed by atoms with Crippen molar-refractivity contribution in [3.8, 4) is 17.2 Å². The highest BCUT2D eigenvalue weighted by Gasteiger charge is 2.10. The van der Waals surface area contributed by atoms with Crippen LogP contribution in [0.25, 0.3) is 10.9 Å². The Morgan fingerprint density at radius 1 is 0.882 bits per heavy atom. The molecule has 1 N–H and O–H groups in total. The Labute approximate surface area is 199 Å². The number of nitrogens with one attached hydrogen (secondary N) is 1. The molecule has 0 saturated carbocycles. The standard InChI is InChI=1S/C28H29NO5/c1-20-8-10-21(11-9-20)19-34-27-7-4-3-6-26(27)33-15-5-14-32-23-12-13-24-22(16-28(30)31-2)18-29-25(24)17-23/h3-4,6-13,17-18,29H,5,14-16,19H2,1-2H3. The Morgan fingerprint density at radius 2 is 1.62 bits per heavy atom. The van der Waals surface area contributed by atoms with Gasteiger partial charge < -0.3 is 23.9 Å². The molecule has 0 radical (unpaired) electrons. The monoisotopic (exact) mass is 459 g/mol. The molecule has 0 bridgehead atoms. The number of rotatable bonds is 11. The van der Waals surface area contributed by atoms with E-state index >= 15 is 0 Å². The van der Waals surface area contributed by atoms with E-state index in [1.807, 2.05) is 48.7 Å². The van der Waals surface area contributed by atoms with E-state index in [1.165, 1.54) is 12.7 Å². The van der Waals surface area contributed by atoms with Crippen molar-refractivity contribution < 1.29 is 23.7 Å². The molecule has 1 aromatic heterocycles. The molecule has 0 aliphatic carbocycles. The minimum absolute atomic E-state index is 0.240. The molecule has 0 saturated heterocycles. The third-order valence-corrected chi connectivity index (χ3v) is 5.48. The molecule has 0 spiro atoms. The third kappa shape index (κ3) is 6.10. The average Bonchev–Trinajstić information content (AvgIpc) is 3.25. The zero-order valence-electron chi connectivity index (χ0n) is 19.5. The first-order valence-electron chi connectivity index (χ1n) is 11.3. The number of aromatic amines is 1. The van der Waals surface area contributed by atoms with E-state index < -0.39 is 0 Å². The zero-order chi connectivity index (χ0) is 23.8. The van der Waals surface area contributed by atoms with E-state index in [1.54, 1.807) is 0 Å². The van der Waals surface area contributed by atoms with E-state index in [9.17, 15) is 4.79 Å². The first-order valence-corrected chi connectivity index (χ1v) is 11.3. The molecule has 3 aromatic carbocycles. The molecule has 4 rings (SSSR count). The van der Waals surface area contributed by atoms with Crippen molar-refractivity contribution in [2.45, 2.75) is 26.4 Å². The van der Waals surface area contributed by atoms with Crippen LogP contribution in [0.1, 0.15) is 23.1 Å². The van der Waals surface area contributed by atoms with Gasteiger partial charge in [-0.1, -0.05) is 42.0 Å². The number of fused-ring (bicyclic) bond motifs is 1. The van der Waals surface area contributed by atoms with Gasteiger partial charge in [-0.25, -0.2) is 0 Å². The van der Waals surface area contributed by atoms with E-state index in [4.69, 9.17) is 18.9 Å². The van der Waals surface area contributed by atoms with Gasteiger partial charge in [-0.3, -0.25) is 4.79 Å². The summed E-state index contributed by atoms with van der Waals surface area (Å²) in [7, 11) is 1.39. The van der Waals surface area contributed by atoms with Crippen molar-refractivity contribution in [1.29, 1.82) is 0 Å². The maximum absolute atomic E-state index is 11.5. The molecular formula is C28H29NO5. The number of aromatic nitrogens is 1. The van der Waals surface area contributed by atoms with Gasteiger partial charge >= 0.3 is 5.97 Å². The number of hydrogen-bond acceptors (Lipinski definition) is 5. The van der Waals surface area contributed by atoms with Gasteiger partial charge in [-0.2, -0.15) is 0 Å². The molecule has 34 heavy (non-hydrogen) atoms. The Hall–Kier alpha value is -3.93. The van der Waals surface area contributed by atoms with Gasteiger partial charge in [-0.05, 0) is 42.3 Å². The van der Waals surface area contributed by atoms with Crippen LogP contribution in [-0.4, -0.2) is 31.3 Å². The Bertz CT molecular complexity index is 1230. The second-order valence-corrected chi connectivity index (χ2v) is 8.05. The van der Waals surface area contributed by atoms with Gasteiger partial charge in [0.15, 0.2) is 11.5 Å². The van der Waals surface area contributed by atoms with Crippen molar-refractivity contribution in [3.63, 3.8) is 0 Å². The Morgan fingerprint density at radius 3 is 2.38 bits per heavy atom. The van der Waals surface area contributed by atoms with Crippen molar-refractivity contribution in [2.75, 3.05) is 20.3 Å². The first kappa shape index (κ1) is 23.2. The Balaban J connectivity index is 1.24. The van der Waals surface area contributed by atoms with Crippen molar-refractivity contribution in [1.82, 2.24) is 4.98 Å². The minimum atomic E-state index is -0.261. The number of carbonyl (C=O) groups is 1. The third-order valence-electron chi connectivity index (χ3n) is 5.48. The summed E-state index contributed by atoms with van der Waals surface area (Å²) in [5, 5.41) is 0.989. The number of benzene rings is 3. The predicted molar refractivity (Wildman–Crippen MR) is 132 cm³/mol. The summed E-state index contributed by atoms with van der Waals surface area (Å²) in [5.74, 6) is 1.95. The summed E-state index contributed by atoms with van der Waals surface area (Å²) in [5.41, 5.74) is 4.17. The van der Waals surface area contributed by atoms with Crippen LogP contribution in [-0.2, 0) is 22.6 Å². The molecular weight excluding hydrogens is 430 g/mol. The fraction of sp³-hybridized carbons (Fsp3) is 0.250. The van der Waals surface area contributed by atoms with Crippen molar-refractivity contribution >= 4 is 16.9 Å². The number of H-pyrrole nitrogens is 1. The van der Waals surface area contributed by atoms with Crippen LogP contribution in [0.5, 0.6) is 17.2 Å². The molecule has 1 heterocycles. The lowest BCUT2D eigenvalue weighted by molar-refractivity contribution is -0.139. The van der Waals surface area contributed by atoms with Crippen LogP contribution >= 0.6 is 0 Å². The zero-order valence-corrected chi connectivity index (χ0v) is 19.5. The summed E-state index contributed by atoms with van der Waals surface area (Å²) < 4.78 is 22.6. The molecule has 0 amide bonds. The lowest BCUT2D eigenvalue weighted by atomic mass is 10.1. The maximum Gasteiger partial charge on any atom is 0.310 e. The number of aryl methyl sites for hydroxylation is 1. The van der Waals surface area contributed by atoms with Crippen LogP contribution in [0.3, 0.4) is 0 Å². The van der Waals surface area contributed by atoms with E-state index in [-0.39, 0.29) is 12.4 Å². The van der Waals surface area contributed by atoms with Crippen LogP contribution < -0.4 is 14.2 Å². The van der Waals surface area contributed by atoms with Crippen LogP contribution in [0.2, 0.25) is 0 Å². The number of carbonyl (C=O) groups excluding carboxylic acids is 1. The predicted octanol–water partition coefficient (Wildman–Crippen LogP) is 5.62. The van der Waals surface area contributed by atoms with Gasteiger partial charge in [0.25, 0.3) is 0 Å². The summed E-state index contributed by atoms with van der Waals surface area (Å²) in [6.45, 7) is 3.60. The lowest BCUT2D eigenvalue weighted by Crippen LogP contribution is -2.06. The van der Waals surface area contributed by atoms with Crippen LogP contribution in [0.15, 0.2) is 72.9 Å². The summed E-state index contributed by atoms with van der Waals surface area (Å²) in [4.78, 5) is 14.7. The van der Waals surface area contributed by atoms with E-state index in [0.717, 1.165) is 45.7 Å². The summed E-state index contributed by atoms with van der Waals surface area (Å²) >= 11 is 0. The van der Waals surface area contributed by atoms with Gasteiger partial charge in [0.2, 0.25) is 0 Å². The smallest absolute Gasteiger partial charge is 0.310 e. The second kappa shape index (κ2) is 11.3. The van der Waals surface area contributed by atoms with Crippen LogP contribution in [0, 0.1) is 6.92 Å². The highest BCUT2D eigenvalue weighted by atomic mass is 16.5. The molecule has 176 valence electrons. The minimum Gasteiger partial charge on any atom is -0.493 e. The number of ether oxygens (including phenoxy) is 4. The number of methoxy groups -OCH3 is 1. The highest BCUT2D eigenvalue weighted by molar-refractivity contribution is 5.88. The molecule has 6 heteroatoms. The second-order valence-electron chi connectivity index (χ2n) is 8.05. The van der Waals surface area contributed by atoms with E-state index in [2.05, 4.69) is 36.2 Å². The normalized spacial score (nSPS) is 10.8. The first-order chi connectivity index (χ1) is 16.6. The quantitative estimate of drug-likeness (QED) is 0.233. The SMILES string of the molecule is COC(=O)Cc1c[nH]c2cc(OCCCOc3ccccc3OCc3ccc(C)cc3)ccc12. The molecule has 0 aliphatic rings. The van der Waals surface area contributed by atoms with Crippen molar-refractivity contribution in [2.24, 2.45) is 0 Å². The van der Waals surface area contributed by atoms with Gasteiger partial charge in [0.05, 0.1) is 26.7 Å². The fourth-order valence-corrected chi connectivity index (χ4v) is 3.59. The van der Waals surface area contributed by atoms with Gasteiger partial charge in [-0.15, -0.1) is 0 Å². The molecule has 0 fully saturated rings. The van der Waals surface area contributed by atoms with Gasteiger partial charge in [0.1, 0.15) is 12.4 Å². The average molecular weight is 460 g/mol. The topological polar surface area (TPSA) is 69.8 Å². The molecule has 6 nitrogen and oxygen atoms in total. The Kier molecular flexibility index (Phi) is 7.71. The number of para-hydroxylation sites is 2. The number of esters is 1.